The van der Waals surface area contributed by atoms with E-state index in [0.717, 1.165) is 47.6 Å². The monoisotopic (exact) mass is 394 g/mol. The van der Waals surface area contributed by atoms with E-state index >= 15 is 0 Å². The average Bonchev–Trinajstić information content (AvgIpc) is 2.64. The highest BCUT2D eigenvalue weighted by atomic mass is 35.5. The molecular weight excluding hydrogens is 371 g/mol. The van der Waals surface area contributed by atoms with Gasteiger partial charge in [-0.3, -0.25) is 0 Å². The van der Waals surface area contributed by atoms with Crippen molar-refractivity contribution in [1.29, 1.82) is 0 Å². The lowest BCUT2D eigenvalue weighted by Gasteiger charge is -2.28. The normalized spacial score (nSPS) is 17.5. The lowest BCUT2D eigenvalue weighted by atomic mass is 10.2. The summed E-state index contributed by atoms with van der Waals surface area (Å²) in [7, 11) is 0. The summed E-state index contributed by atoms with van der Waals surface area (Å²) in [5.41, 5.74) is 2.28. The molecule has 0 N–H and O–H groups in total. The van der Waals surface area contributed by atoms with E-state index in [1.54, 1.807) is 0 Å². The van der Waals surface area contributed by atoms with Crippen LogP contribution < -0.4 is 9.80 Å². The van der Waals surface area contributed by atoms with Gasteiger partial charge in [0.2, 0.25) is 0 Å². The van der Waals surface area contributed by atoms with E-state index in [9.17, 15) is 0 Å². The Morgan fingerprint density at radius 2 is 0.846 bits per heavy atom. The van der Waals surface area contributed by atoms with Gasteiger partial charge in [-0.2, -0.15) is 0 Å². The third-order valence-electron chi connectivity index (χ3n) is 4.41. The molecule has 1 saturated heterocycles. The second-order valence-electron chi connectivity index (χ2n) is 6.15. The van der Waals surface area contributed by atoms with Crippen LogP contribution in [0, 0.1) is 0 Å². The van der Waals surface area contributed by atoms with Crippen molar-refractivity contribution in [3.8, 4) is 0 Å². The summed E-state index contributed by atoms with van der Waals surface area (Å²) < 4.78 is 11.8. The van der Waals surface area contributed by atoms with Crippen molar-refractivity contribution >= 4 is 34.6 Å². The van der Waals surface area contributed by atoms with E-state index < -0.39 is 0 Å². The molecule has 26 heavy (non-hydrogen) atoms. The number of ether oxygens (including phenoxy) is 2. The molecule has 6 heteroatoms. The lowest BCUT2D eigenvalue weighted by Crippen LogP contribution is -2.36. The first-order valence-corrected chi connectivity index (χ1v) is 9.64. The molecule has 1 fully saturated rings. The van der Waals surface area contributed by atoms with Crippen LogP contribution in [0.1, 0.15) is 0 Å². The molecule has 1 heterocycles. The maximum absolute atomic E-state index is 5.99. The van der Waals surface area contributed by atoms with Crippen LogP contribution in [-0.2, 0) is 9.47 Å². The standard InChI is InChI=1S/C20H24Cl2N2O2/c21-17-1-5-19(6-2-17)23-9-13-25-15-11-24(12-16-26-14-10-23)20-7-3-18(22)4-8-20/h1-8H,9-16H2. The molecule has 0 unspecified atom stereocenters. The Kier molecular flexibility index (Phi) is 7.44. The van der Waals surface area contributed by atoms with Crippen molar-refractivity contribution in [2.24, 2.45) is 0 Å². The Bertz CT molecular complexity index is 593. The number of rotatable bonds is 2. The smallest absolute Gasteiger partial charge is 0.0642 e. The van der Waals surface area contributed by atoms with E-state index in [1.807, 2.05) is 48.5 Å². The second-order valence-corrected chi connectivity index (χ2v) is 7.02. The molecular formula is C20H24Cl2N2O2. The molecule has 0 saturated carbocycles. The SMILES string of the molecule is Clc1ccc(N2CCOCCN(c3ccc(Cl)cc3)CCOCC2)cc1. The number of nitrogens with zero attached hydrogens (tertiary/aromatic N) is 2. The summed E-state index contributed by atoms with van der Waals surface area (Å²) in [6.45, 7) is 6.01. The first-order valence-electron chi connectivity index (χ1n) is 8.89. The highest BCUT2D eigenvalue weighted by molar-refractivity contribution is 6.30. The first kappa shape index (κ1) is 19.3. The van der Waals surface area contributed by atoms with Crippen LogP contribution in [0.3, 0.4) is 0 Å². The summed E-state index contributed by atoms with van der Waals surface area (Å²) in [5.74, 6) is 0. The van der Waals surface area contributed by atoms with Crippen LogP contribution >= 0.6 is 23.2 Å². The molecule has 1 aliphatic rings. The molecule has 140 valence electrons. The Hall–Kier alpha value is -1.46. The maximum atomic E-state index is 5.99. The van der Waals surface area contributed by atoms with E-state index in [-0.39, 0.29) is 0 Å². The van der Waals surface area contributed by atoms with Crippen LogP contribution in [0.2, 0.25) is 10.0 Å². The molecule has 4 nitrogen and oxygen atoms in total. The topological polar surface area (TPSA) is 24.9 Å². The Morgan fingerprint density at radius 3 is 1.15 bits per heavy atom. The summed E-state index contributed by atoms with van der Waals surface area (Å²) in [5, 5.41) is 1.50. The molecule has 0 spiro atoms. The molecule has 0 amide bonds. The predicted molar refractivity (Wildman–Crippen MR) is 109 cm³/mol. The molecule has 0 radical (unpaired) electrons. The van der Waals surface area contributed by atoms with Crippen molar-refractivity contribution < 1.29 is 9.47 Å². The molecule has 0 bridgehead atoms. The van der Waals surface area contributed by atoms with Gasteiger partial charge in [-0.25, -0.2) is 0 Å². The van der Waals surface area contributed by atoms with Crippen molar-refractivity contribution in [2.75, 3.05) is 62.4 Å². The van der Waals surface area contributed by atoms with Gasteiger partial charge in [0.1, 0.15) is 0 Å². The van der Waals surface area contributed by atoms with Gasteiger partial charge in [0, 0.05) is 47.6 Å². The van der Waals surface area contributed by atoms with Gasteiger partial charge in [-0.1, -0.05) is 23.2 Å². The quantitative estimate of drug-likeness (QED) is 0.755. The first-order chi connectivity index (χ1) is 12.7. The highest BCUT2D eigenvalue weighted by Crippen LogP contribution is 2.19. The van der Waals surface area contributed by atoms with Crippen LogP contribution in [0.4, 0.5) is 11.4 Å². The number of hydrogen-bond acceptors (Lipinski definition) is 4. The lowest BCUT2D eigenvalue weighted by molar-refractivity contribution is 0.123. The van der Waals surface area contributed by atoms with Crippen LogP contribution in [0.15, 0.2) is 48.5 Å². The molecule has 0 aromatic heterocycles. The van der Waals surface area contributed by atoms with Crippen molar-refractivity contribution in [3.05, 3.63) is 58.6 Å². The van der Waals surface area contributed by atoms with E-state index in [1.165, 1.54) is 0 Å². The summed E-state index contributed by atoms with van der Waals surface area (Å²) >= 11 is 12.0. The molecule has 1 aliphatic heterocycles. The fraction of sp³-hybridized carbons (Fsp3) is 0.400. The third-order valence-corrected chi connectivity index (χ3v) is 4.91. The summed E-state index contributed by atoms with van der Waals surface area (Å²) in [4.78, 5) is 4.55. The Morgan fingerprint density at radius 1 is 0.538 bits per heavy atom. The van der Waals surface area contributed by atoms with E-state index in [0.29, 0.717) is 26.4 Å². The zero-order valence-corrected chi connectivity index (χ0v) is 16.3. The Labute approximate surface area is 165 Å². The second kappa shape index (κ2) is 10.0. The minimum Gasteiger partial charge on any atom is -0.378 e. The predicted octanol–water partition coefficient (Wildman–Crippen LogP) is 4.35. The highest BCUT2D eigenvalue weighted by Gasteiger charge is 2.11. The zero-order valence-electron chi connectivity index (χ0n) is 14.7. The average molecular weight is 395 g/mol. The number of benzene rings is 2. The van der Waals surface area contributed by atoms with Gasteiger partial charge in [-0.05, 0) is 48.5 Å². The molecule has 3 rings (SSSR count). The molecule has 2 aromatic rings. The van der Waals surface area contributed by atoms with E-state index in [4.69, 9.17) is 32.7 Å². The van der Waals surface area contributed by atoms with Crippen LogP contribution in [0.25, 0.3) is 0 Å². The summed E-state index contributed by atoms with van der Waals surface area (Å²) in [6, 6.07) is 15.8. The largest absolute Gasteiger partial charge is 0.378 e. The molecule has 0 aliphatic carbocycles. The maximum Gasteiger partial charge on any atom is 0.0642 e. The van der Waals surface area contributed by atoms with Crippen LogP contribution in [-0.4, -0.2) is 52.6 Å². The minimum atomic E-state index is 0.678. The van der Waals surface area contributed by atoms with Crippen molar-refractivity contribution in [3.63, 3.8) is 0 Å². The Balaban J connectivity index is 1.57. The van der Waals surface area contributed by atoms with Gasteiger partial charge in [0.15, 0.2) is 0 Å². The third kappa shape index (κ3) is 5.78. The fourth-order valence-electron chi connectivity index (χ4n) is 2.95. The number of halogens is 2. The molecule has 2 aromatic carbocycles. The molecule has 0 atom stereocenters. The summed E-state index contributed by atoms with van der Waals surface area (Å²) in [6.07, 6.45) is 0. The number of anilines is 2. The van der Waals surface area contributed by atoms with Gasteiger partial charge in [-0.15, -0.1) is 0 Å². The van der Waals surface area contributed by atoms with Gasteiger partial charge in [0.05, 0.1) is 26.4 Å². The fourth-order valence-corrected chi connectivity index (χ4v) is 3.20. The zero-order chi connectivity index (χ0) is 18.2. The van der Waals surface area contributed by atoms with Crippen LogP contribution in [0.5, 0.6) is 0 Å². The van der Waals surface area contributed by atoms with Crippen molar-refractivity contribution in [1.82, 2.24) is 0 Å². The van der Waals surface area contributed by atoms with Gasteiger partial charge < -0.3 is 19.3 Å². The van der Waals surface area contributed by atoms with Crippen molar-refractivity contribution in [2.45, 2.75) is 0 Å². The number of hydrogen-bond donors (Lipinski definition) is 0. The minimum absolute atomic E-state index is 0.678. The van der Waals surface area contributed by atoms with E-state index in [2.05, 4.69) is 9.80 Å². The van der Waals surface area contributed by atoms with Gasteiger partial charge in [0.25, 0.3) is 0 Å². The van der Waals surface area contributed by atoms with Gasteiger partial charge >= 0.3 is 0 Å².